The van der Waals surface area contributed by atoms with Gasteiger partial charge < -0.3 is 9.47 Å². The summed E-state index contributed by atoms with van der Waals surface area (Å²) < 4.78 is 11.9. The van der Waals surface area contributed by atoms with Gasteiger partial charge in [0.15, 0.2) is 11.5 Å². The summed E-state index contributed by atoms with van der Waals surface area (Å²) in [4.78, 5) is 17.0. The molecule has 0 saturated heterocycles. The van der Waals surface area contributed by atoms with Crippen molar-refractivity contribution in [1.82, 2.24) is 9.78 Å². The molecular weight excluding hydrogens is 342 g/mol. The Morgan fingerprint density at radius 2 is 1.70 bits per heavy atom. The highest BCUT2D eigenvalue weighted by Crippen LogP contribution is 2.27. The van der Waals surface area contributed by atoms with E-state index < -0.39 is 0 Å². The third kappa shape index (κ3) is 4.06. The SMILES string of the molecule is COc1ccc(C=Nc2ccc(C(=O)n3nc(C)cc3C)cc2)cc1OC. The second-order valence-electron chi connectivity index (χ2n) is 6.06. The molecule has 138 valence electrons. The van der Waals surface area contributed by atoms with Crippen molar-refractivity contribution >= 4 is 17.8 Å². The zero-order valence-electron chi connectivity index (χ0n) is 15.8. The van der Waals surface area contributed by atoms with Crippen LogP contribution >= 0.6 is 0 Å². The fourth-order valence-corrected chi connectivity index (χ4v) is 2.73. The molecule has 6 heteroatoms. The largest absolute Gasteiger partial charge is 0.493 e. The first-order chi connectivity index (χ1) is 13.0. The molecule has 0 N–H and O–H groups in total. The van der Waals surface area contributed by atoms with Crippen LogP contribution in [0.3, 0.4) is 0 Å². The Bertz CT molecular complexity index is 988. The normalized spacial score (nSPS) is 11.0. The molecule has 27 heavy (non-hydrogen) atoms. The van der Waals surface area contributed by atoms with Crippen LogP contribution in [0.15, 0.2) is 53.5 Å². The first-order valence-corrected chi connectivity index (χ1v) is 8.46. The third-order valence-electron chi connectivity index (χ3n) is 4.09. The number of carbonyl (C=O) groups is 1. The Balaban J connectivity index is 1.77. The van der Waals surface area contributed by atoms with Crippen LogP contribution in [0, 0.1) is 13.8 Å². The number of rotatable bonds is 5. The van der Waals surface area contributed by atoms with Crippen LogP contribution in [0.2, 0.25) is 0 Å². The Labute approximate surface area is 158 Å². The number of benzene rings is 2. The molecule has 6 nitrogen and oxygen atoms in total. The lowest BCUT2D eigenvalue weighted by Gasteiger charge is -2.07. The van der Waals surface area contributed by atoms with Crippen molar-refractivity contribution in [3.05, 3.63) is 71.0 Å². The smallest absolute Gasteiger partial charge is 0.278 e. The van der Waals surface area contributed by atoms with E-state index >= 15 is 0 Å². The number of ether oxygens (including phenoxy) is 2. The molecule has 0 aliphatic carbocycles. The molecule has 0 radical (unpaired) electrons. The molecule has 2 aromatic carbocycles. The van der Waals surface area contributed by atoms with Crippen LogP contribution in [0.4, 0.5) is 5.69 Å². The van der Waals surface area contributed by atoms with E-state index in [1.54, 1.807) is 44.7 Å². The molecule has 0 spiro atoms. The van der Waals surface area contributed by atoms with E-state index in [-0.39, 0.29) is 5.91 Å². The molecule has 3 aromatic rings. The van der Waals surface area contributed by atoms with E-state index in [9.17, 15) is 4.79 Å². The summed E-state index contributed by atoms with van der Waals surface area (Å²) in [5.74, 6) is 1.16. The van der Waals surface area contributed by atoms with Gasteiger partial charge in [-0.1, -0.05) is 0 Å². The summed E-state index contributed by atoms with van der Waals surface area (Å²) in [7, 11) is 3.19. The predicted octanol–water partition coefficient (Wildman–Crippen LogP) is 3.96. The topological polar surface area (TPSA) is 65.7 Å². The van der Waals surface area contributed by atoms with Crippen LogP contribution in [0.25, 0.3) is 0 Å². The molecule has 0 bridgehead atoms. The first-order valence-electron chi connectivity index (χ1n) is 8.46. The van der Waals surface area contributed by atoms with Crippen molar-refractivity contribution in [3.8, 4) is 11.5 Å². The average Bonchev–Trinajstić information content (AvgIpc) is 3.03. The zero-order valence-corrected chi connectivity index (χ0v) is 15.8. The van der Waals surface area contributed by atoms with E-state index in [0.717, 1.165) is 22.6 Å². The molecule has 1 heterocycles. The van der Waals surface area contributed by atoms with Crippen molar-refractivity contribution in [2.45, 2.75) is 13.8 Å². The van der Waals surface area contributed by atoms with Crippen molar-refractivity contribution < 1.29 is 14.3 Å². The number of aliphatic imine (C=N–C) groups is 1. The molecule has 0 saturated carbocycles. The van der Waals surface area contributed by atoms with E-state index in [4.69, 9.17) is 9.47 Å². The predicted molar refractivity (Wildman–Crippen MR) is 105 cm³/mol. The van der Waals surface area contributed by atoms with Gasteiger partial charge in [0.2, 0.25) is 0 Å². The first kappa shape index (κ1) is 18.4. The van der Waals surface area contributed by atoms with E-state index in [1.165, 1.54) is 4.68 Å². The molecule has 3 rings (SSSR count). The van der Waals surface area contributed by atoms with Gasteiger partial charge in [0.1, 0.15) is 0 Å². The minimum absolute atomic E-state index is 0.156. The molecule has 0 fully saturated rings. The fraction of sp³-hybridized carbons (Fsp3) is 0.190. The minimum atomic E-state index is -0.156. The fourth-order valence-electron chi connectivity index (χ4n) is 2.73. The summed E-state index contributed by atoms with van der Waals surface area (Å²) in [6.45, 7) is 3.72. The maximum Gasteiger partial charge on any atom is 0.278 e. The van der Waals surface area contributed by atoms with Crippen LogP contribution in [-0.2, 0) is 0 Å². The van der Waals surface area contributed by atoms with Crippen molar-refractivity contribution in [1.29, 1.82) is 0 Å². The monoisotopic (exact) mass is 363 g/mol. The maximum absolute atomic E-state index is 12.5. The second-order valence-corrected chi connectivity index (χ2v) is 6.06. The lowest BCUT2D eigenvalue weighted by Crippen LogP contribution is -2.15. The van der Waals surface area contributed by atoms with Gasteiger partial charge in [-0.05, 0) is 67.9 Å². The number of aromatic nitrogens is 2. The summed E-state index contributed by atoms with van der Waals surface area (Å²) in [6, 6.07) is 14.6. The number of hydrogen-bond acceptors (Lipinski definition) is 5. The lowest BCUT2D eigenvalue weighted by atomic mass is 10.2. The summed E-state index contributed by atoms with van der Waals surface area (Å²) in [5.41, 5.74) is 3.82. The summed E-state index contributed by atoms with van der Waals surface area (Å²) in [5, 5.41) is 4.23. The lowest BCUT2D eigenvalue weighted by molar-refractivity contribution is 0.0942. The number of nitrogens with zero attached hydrogens (tertiary/aromatic N) is 3. The highest BCUT2D eigenvalue weighted by molar-refractivity contribution is 5.96. The molecule has 0 aliphatic heterocycles. The Hall–Kier alpha value is -3.41. The summed E-state index contributed by atoms with van der Waals surface area (Å²) in [6.07, 6.45) is 1.74. The standard InChI is InChI=1S/C21H21N3O3/c1-14-11-15(2)24(23-14)21(25)17-6-8-18(9-7-17)22-13-16-5-10-19(26-3)20(12-16)27-4/h5-13H,1-4H3. The number of methoxy groups -OCH3 is 2. The van der Waals surface area contributed by atoms with Gasteiger partial charge in [-0.15, -0.1) is 0 Å². The van der Waals surface area contributed by atoms with Crippen molar-refractivity contribution in [2.75, 3.05) is 14.2 Å². The van der Waals surface area contributed by atoms with Crippen molar-refractivity contribution in [2.24, 2.45) is 4.99 Å². The van der Waals surface area contributed by atoms with E-state index in [1.807, 2.05) is 38.1 Å². The Kier molecular flexibility index (Phi) is 5.35. The Morgan fingerprint density at radius 3 is 2.30 bits per heavy atom. The van der Waals surface area contributed by atoms with Gasteiger partial charge in [0.05, 0.1) is 25.6 Å². The van der Waals surface area contributed by atoms with Crippen LogP contribution in [0.1, 0.15) is 27.3 Å². The van der Waals surface area contributed by atoms with Crippen LogP contribution in [0.5, 0.6) is 11.5 Å². The Morgan fingerprint density at radius 1 is 1.00 bits per heavy atom. The molecular formula is C21H21N3O3. The second kappa shape index (κ2) is 7.86. The van der Waals surface area contributed by atoms with Gasteiger partial charge >= 0.3 is 0 Å². The molecule has 1 aromatic heterocycles. The van der Waals surface area contributed by atoms with Crippen LogP contribution in [-0.4, -0.2) is 36.1 Å². The molecule has 0 unspecified atom stereocenters. The van der Waals surface area contributed by atoms with Gasteiger partial charge in [-0.2, -0.15) is 5.10 Å². The number of carbonyl (C=O) groups excluding carboxylic acids is 1. The summed E-state index contributed by atoms with van der Waals surface area (Å²) >= 11 is 0. The molecule has 0 aliphatic rings. The maximum atomic E-state index is 12.5. The van der Waals surface area contributed by atoms with Crippen LogP contribution < -0.4 is 9.47 Å². The average molecular weight is 363 g/mol. The van der Waals surface area contributed by atoms with Crippen molar-refractivity contribution in [3.63, 3.8) is 0 Å². The van der Waals surface area contributed by atoms with Gasteiger partial charge in [-0.3, -0.25) is 9.79 Å². The number of hydrogen-bond donors (Lipinski definition) is 0. The minimum Gasteiger partial charge on any atom is -0.493 e. The van der Waals surface area contributed by atoms with E-state index in [0.29, 0.717) is 17.1 Å². The highest BCUT2D eigenvalue weighted by Gasteiger charge is 2.12. The van der Waals surface area contributed by atoms with Gasteiger partial charge in [0.25, 0.3) is 5.91 Å². The van der Waals surface area contributed by atoms with Gasteiger partial charge in [-0.25, -0.2) is 4.68 Å². The highest BCUT2D eigenvalue weighted by atomic mass is 16.5. The quantitative estimate of drug-likeness (QED) is 0.644. The molecule has 0 amide bonds. The van der Waals surface area contributed by atoms with Gasteiger partial charge in [0, 0.05) is 17.5 Å². The van der Waals surface area contributed by atoms with E-state index in [2.05, 4.69) is 10.1 Å². The third-order valence-corrected chi connectivity index (χ3v) is 4.09. The zero-order chi connectivity index (χ0) is 19.4. The number of aryl methyl sites for hydroxylation is 2. The molecule has 0 atom stereocenters.